The van der Waals surface area contributed by atoms with E-state index in [4.69, 9.17) is 5.84 Å². The third kappa shape index (κ3) is 2.12. The zero-order valence-electron chi connectivity index (χ0n) is 9.93. The van der Waals surface area contributed by atoms with Gasteiger partial charge in [0, 0.05) is 12.2 Å². The van der Waals surface area contributed by atoms with Crippen molar-refractivity contribution >= 4 is 11.8 Å². The van der Waals surface area contributed by atoms with E-state index >= 15 is 0 Å². The summed E-state index contributed by atoms with van der Waals surface area (Å²) in [6, 6.07) is 10.8. The van der Waals surface area contributed by atoms with Crippen molar-refractivity contribution < 1.29 is 0 Å². The number of nitrogen functional groups attached to an aromatic ring is 1. The highest BCUT2D eigenvalue weighted by Gasteiger charge is 2.20. The molecule has 5 nitrogen and oxygen atoms in total. The van der Waals surface area contributed by atoms with E-state index in [9.17, 15) is 0 Å². The largest absolute Gasteiger partial charge is 0.367 e. The predicted molar refractivity (Wildman–Crippen MR) is 71.1 cm³/mol. The van der Waals surface area contributed by atoms with Crippen molar-refractivity contribution in [3.8, 4) is 0 Å². The fraction of sp³-hybridized carbons (Fsp3) is 0.231. The van der Waals surface area contributed by atoms with E-state index in [0.29, 0.717) is 12.0 Å². The van der Waals surface area contributed by atoms with Gasteiger partial charge in [0.05, 0.1) is 0 Å². The first-order chi connectivity index (χ1) is 8.85. The fourth-order valence-electron chi connectivity index (χ4n) is 2.38. The van der Waals surface area contributed by atoms with Gasteiger partial charge in [-0.15, -0.1) is 0 Å². The second-order valence-corrected chi connectivity index (χ2v) is 4.43. The molecular weight excluding hydrogens is 226 g/mol. The van der Waals surface area contributed by atoms with Crippen LogP contribution in [0.1, 0.15) is 11.1 Å². The van der Waals surface area contributed by atoms with Gasteiger partial charge in [0.25, 0.3) is 0 Å². The highest BCUT2D eigenvalue weighted by atomic mass is 15.3. The maximum atomic E-state index is 5.29. The molecule has 1 aliphatic rings. The van der Waals surface area contributed by atoms with Crippen LogP contribution in [0.15, 0.2) is 36.5 Å². The van der Waals surface area contributed by atoms with Crippen LogP contribution in [0.5, 0.6) is 0 Å². The van der Waals surface area contributed by atoms with Crippen LogP contribution in [-0.2, 0) is 12.8 Å². The third-order valence-corrected chi connectivity index (χ3v) is 3.19. The van der Waals surface area contributed by atoms with Gasteiger partial charge >= 0.3 is 0 Å². The standard InChI is InChI=1S/C13H15N5/c14-18-13-15-6-5-12(17-13)16-11-7-9-3-1-2-4-10(9)8-11/h1-6,11H,7-8,14H2,(H2,15,16,17,18). The van der Waals surface area contributed by atoms with Crippen LogP contribution in [0.3, 0.4) is 0 Å². The summed E-state index contributed by atoms with van der Waals surface area (Å²) in [4.78, 5) is 8.24. The van der Waals surface area contributed by atoms with E-state index in [-0.39, 0.29) is 0 Å². The van der Waals surface area contributed by atoms with Crippen LogP contribution in [0.2, 0.25) is 0 Å². The molecule has 2 aromatic rings. The van der Waals surface area contributed by atoms with Crippen molar-refractivity contribution in [1.29, 1.82) is 0 Å². The van der Waals surface area contributed by atoms with E-state index in [1.165, 1.54) is 11.1 Å². The van der Waals surface area contributed by atoms with E-state index in [2.05, 4.69) is 45.0 Å². The first-order valence-corrected chi connectivity index (χ1v) is 5.98. The topological polar surface area (TPSA) is 75.9 Å². The van der Waals surface area contributed by atoms with Gasteiger partial charge in [-0.1, -0.05) is 24.3 Å². The van der Waals surface area contributed by atoms with Crippen molar-refractivity contribution in [2.75, 3.05) is 10.7 Å². The number of benzene rings is 1. The molecule has 0 aliphatic heterocycles. The Bertz CT molecular complexity index is 530. The number of anilines is 2. The summed E-state index contributed by atoms with van der Waals surface area (Å²) in [7, 11) is 0. The smallest absolute Gasteiger partial charge is 0.239 e. The van der Waals surface area contributed by atoms with Crippen molar-refractivity contribution in [2.24, 2.45) is 5.84 Å². The zero-order valence-corrected chi connectivity index (χ0v) is 9.93. The molecule has 0 spiro atoms. The van der Waals surface area contributed by atoms with Crippen LogP contribution in [0.25, 0.3) is 0 Å². The summed E-state index contributed by atoms with van der Waals surface area (Å²) in [5, 5.41) is 3.42. The first kappa shape index (κ1) is 11.0. The van der Waals surface area contributed by atoms with Gasteiger partial charge < -0.3 is 5.32 Å². The monoisotopic (exact) mass is 241 g/mol. The first-order valence-electron chi connectivity index (χ1n) is 5.98. The maximum absolute atomic E-state index is 5.29. The molecule has 0 atom stereocenters. The Labute approximate surface area is 105 Å². The lowest BCUT2D eigenvalue weighted by Crippen LogP contribution is -2.21. The number of hydrogen-bond acceptors (Lipinski definition) is 5. The van der Waals surface area contributed by atoms with Crippen molar-refractivity contribution in [2.45, 2.75) is 18.9 Å². The maximum Gasteiger partial charge on any atom is 0.239 e. The van der Waals surface area contributed by atoms with Crippen LogP contribution in [0.4, 0.5) is 11.8 Å². The summed E-state index contributed by atoms with van der Waals surface area (Å²) in [6.07, 6.45) is 3.75. The van der Waals surface area contributed by atoms with Crippen LogP contribution < -0.4 is 16.6 Å². The summed E-state index contributed by atoms with van der Waals surface area (Å²) in [6.45, 7) is 0. The molecule has 0 bridgehead atoms. The van der Waals surface area contributed by atoms with Gasteiger partial charge in [-0.05, 0) is 30.0 Å². The van der Waals surface area contributed by atoms with E-state index in [0.717, 1.165) is 18.7 Å². The number of rotatable bonds is 3. The molecule has 1 aromatic heterocycles. The predicted octanol–water partition coefficient (Wildman–Crippen LogP) is 1.34. The Kier molecular flexibility index (Phi) is 2.82. The Morgan fingerprint density at radius 1 is 1.11 bits per heavy atom. The van der Waals surface area contributed by atoms with Crippen molar-refractivity contribution in [1.82, 2.24) is 9.97 Å². The third-order valence-electron chi connectivity index (χ3n) is 3.19. The molecule has 0 saturated carbocycles. The number of fused-ring (bicyclic) bond motifs is 1. The SMILES string of the molecule is NNc1nccc(NC2Cc3ccccc3C2)n1. The lowest BCUT2D eigenvalue weighted by molar-refractivity contribution is 0.768. The summed E-state index contributed by atoms with van der Waals surface area (Å²) >= 11 is 0. The molecule has 3 rings (SSSR count). The average Bonchev–Trinajstić information content (AvgIpc) is 2.81. The molecule has 92 valence electrons. The molecule has 1 aliphatic carbocycles. The number of hydrazine groups is 1. The minimum Gasteiger partial charge on any atom is -0.367 e. The van der Waals surface area contributed by atoms with E-state index in [1.54, 1.807) is 6.20 Å². The Morgan fingerprint density at radius 2 is 1.83 bits per heavy atom. The highest BCUT2D eigenvalue weighted by Crippen LogP contribution is 2.23. The molecule has 0 unspecified atom stereocenters. The van der Waals surface area contributed by atoms with Gasteiger partial charge in [0.1, 0.15) is 5.82 Å². The number of nitrogens with one attached hydrogen (secondary N) is 2. The van der Waals surface area contributed by atoms with E-state index in [1.807, 2.05) is 6.07 Å². The molecule has 0 saturated heterocycles. The Balaban J connectivity index is 1.72. The van der Waals surface area contributed by atoms with Gasteiger partial charge in [-0.2, -0.15) is 4.98 Å². The molecular formula is C13H15N5. The van der Waals surface area contributed by atoms with Gasteiger partial charge in [0.2, 0.25) is 5.95 Å². The summed E-state index contributed by atoms with van der Waals surface area (Å²) < 4.78 is 0. The normalized spacial score (nSPS) is 14.3. The van der Waals surface area contributed by atoms with Crippen molar-refractivity contribution in [3.63, 3.8) is 0 Å². The quantitative estimate of drug-likeness (QED) is 0.558. The molecule has 0 radical (unpaired) electrons. The molecule has 1 aromatic carbocycles. The fourth-order valence-corrected chi connectivity index (χ4v) is 2.38. The second-order valence-electron chi connectivity index (χ2n) is 4.43. The highest BCUT2D eigenvalue weighted by molar-refractivity contribution is 5.43. The number of nitrogens with two attached hydrogens (primary N) is 1. The van der Waals surface area contributed by atoms with Gasteiger partial charge in [-0.3, -0.25) is 5.43 Å². The van der Waals surface area contributed by atoms with Crippen LogP contribution >= 0.6 is 0 Å². The Morgan fingerprint density at radius 3 is 2.50 bits per heavy atom. The summed E-state index contributed by atoms with van der Waals surface area (Å²) in [5.41, 5.74) is 5.28. The molecule has 0 fully saturated rings. The summed E-state index contributed by atoms with van der Waals surface area (Å²) in [5.74, 6) is 6.52. The minimum absolute atomic E-state index is 0.392. The Hall–Kier alpha value is -2.14. The van der Waals surface area contributed by atoms with Crippen molar-refractivity contribution in [3.05, 3.63) is 47.7 Å². The van der Waals surface area contributed by atoms with Crippen LogP contribution in [-0.4, -0.2) is 16.0 Å². The van der Waals surface area contributed by atoms with Gasteiger partial charge in [-0.25, -0.2) is 10.8 Å². The average molecular weight is 241 g/mol. The number of nitrogens with zero attached hydrogens (tertiary/aromatic N) is 2. The lowest BCUT2D eigenvalue weighted by Gasteiger charge is -2.12. The van der Waals surface area contributed by atoms with Crippen LogP contribution in [0, 0.1) is 0 Å². The lowest BCUT2D eigenvalue weighted by atomic mass is 10.1. The second kappa shape index (κ2) is 4.62. The minimum atomic E-state index is 0.392. The van der Waals surface area contributed by atoms with Gasteiger partial charge in [0.15, 0.2) is 0 Å². The molecule has 0 amide bonds. The molecule has 18 heavy (non-hydrogen) atoms. The number of aromatic nitrogens is 2. The van der Waals surface area contributed by atoms with E-state index < -0.39 is 0 Å². The number of hydrogen-bond donors (Lipinski definition) is 3. The molecule has 5 heteroatoms. The zero-order chi connectivity index (χ0) is 12.4. The molecule has 4 N–H and O–H groups in total. The molecule has 1 heterocycles.